The van der Waals surface area contributed by atoms with Crippen LogP contribution in [0.2, 0.25) is 0 Å². The van der Waals surface area contributed by atoms with Crippen LogP contribution in [0.5, 0.6) is 11.5 Å². The second-order valence-corrected chi connectivity index (χ2v) is 5.48. The fourth-order valence-corrected chi connectivity index (χ4v) is 2.50. The van der Waals surface area contributed by atoms with E-state index in [4.69, 9.17) is 14.6 Å². The molecular weight excluding hydrogens is 262 g/mol. The Balaban J connectivity index is 3.08. The molecule has 18 heavy (non-hydrogen) atoms. The summed E-state index contributed by atoms with van der Waals surface area (Å²) in [5.74, 6) is -2.34. The molecule has 0 fully saturated rings. The molecule has 7 nitrogen and oxygen atoms in total. The normalized spacial score (nSPS) is 11.0. The molecule has 1 heterocycles. The Morgan fingerprint density at radius 2 is 2.06 bits per heavy atom. The molecule has 0 aliphatic carbocycles. The van der Waals surface area contributed by atoms with E-state index in [0.717, 1.165) is 0 Å². The number of methoxy groups -OCH3 is 2. The van der Waals surface area contributed by atoms with Gasteiger partial charge in [0, 0.05) is 12.3 Å². The molecule has 1 aromatic rings. The van der Waals surface area contributed by atoms with Crippen molar-refractivity contribution in [2.75, 3.05) is 20.0 Å². The third kappa shape index (κ3) is 3.59. The minimum atomic E-state index is -3.79. The zero-order chi connectivity index (χ0) is 13.8. The summed E-state index contributed by atoms with van der Waals surface area (Å²) in [7, 11) is -1.02. The Bertz CT molecular complexity index is 539. The zero-order valence-corrected chi connectivity index (χ0v) is 10.7. The first kappa shape index (κ1) is 14.2. The van der Waals surface area contributed by atoms with Gasteiger partial charge in [0.25, 0.3) is 0 Å². The smallest absolute Gasteiger partial charge is 0.318 e. The molecule has 1 rings (SSSR count). The molecule has 0 aliphatic heterocycles. The number of hydrogen-bond acceptors (Lipinski definition) is 6. The van der Waals surface area contributed by atoms with Gasteiger partial charge in [-0.05, 0) is 0 Å². The summed E-state index contributed by atoms with van der Waals surface area (Å²) in [5, 5.41) is 8.50. The van der Waals surface area contributed by atoms with Crippen LogP contribution < -0.4 is 9.47 Å². The van der Waals surface area contributed by atoms with Crippen LogP contribution in [0.25, 0.3) is 0 Å². The summed E-state index contributed by atoms with van der Waals surface area (Å²) in [6, 6.07) is 1.52. The van der Waals surface area contributed by atoms with E-state index in [1.54, 1.807) is 0 Å². The molecule has 0 radical (unpaired) electrons. The Kier molecular flexibility index (Phi) is 4.49. The van der Waals surface area contributed by atoms with E-state index in [2.05, 4.69) is 4.98 Å². The van der Waals surface area contributed by atoms with Gasteiger partial charge in [0.05, 0.1) is 20.0 Å². The van der Waals surface area contributed by atoms with E-state index < -0.39 is 27.3 Å². The first-order valence-corrected chi connectivity index (χ1v) is 6.70. The number of sulfone groups is 1. The Morgan fingerprint density at radius 1 is 1.39 bits per heavy atom. The Morgan fingerprint density at radius 3 is 2.56 bits per heavy atom. The lowest BCUT2D eigenvalue weighted by Gasteiger charge is -2.11. The van der Waals surface area contributed by atoms with E-state index in [9.17, 15) is 13.2 Å². The topological polar surface area (TPSA) is 103 Å². The van der Waals surface area contributed by atoms with Crippen molar-refractivity contribution in [2.45, 2.75) is 5.75 Å². The number of pyridine rings is 1. The van der Waals surface area contributed by atoms with Gasteiger partial charge in [-0.1, -0.05) is 0 Å². The summed E-state index contributed by atoms with van der Waals surface area (Å²) in [4.78, 5) is 14.3. The van der Waals surface area contributed by atoms with Gasteiger partial charge in [-0.15, -0.1) is 0 Å². The lowest BCUT2D eigenvalue weighted by atomic mass is 10.3. The van der Waals surface area contributed by atoms with E-state index in [-0.39, 0.29) is 11.4 Å². The second-order valence-electron chi connectivity index (χ2n) is 3.42. The van der Waals surface area contributed by atoms with Gasteiger partial charge in [0.1, 0.15) is 11.4 Å². The summed E-state index contributed by atoms with van der Waals surface area (Å²) in [6.07, 6.45) is 1.37. The van der Waals surface area contributed by atoms with Gasteiger partial charge in [-0.2, -0.15) is 0 Å². The van der Waals surface area contributed by atoms with Crippen LogP contribution in [0, 0.1) is 0 Å². The van der Waals surface area contributed by atoms with Gasteiger partial charge in [-0.25, -0.2) is 8.42 Å². The van der Waals surface area contributed by atoms with E-state index in [0.29, 0.717) is 5.75 Å². The van der Waals surface area contributed by atoms with E-state index in [1.807, 2.05) is 0 Å². The van der Waals surface area contributed by atoms with Crippen molar-refractivity contribution in [3.63, 3.8) is 0 Å². The predicted molar refractivity (Wildman–Crippen MR) is 62.5 cm³/mol. The van der Waals surface area contributed by atoms with Gasteiger partial charge in [-0.3, -0.25) is 9.78 Å². The van der Waals surface area contributed by atoms with Crippen LogP contribution in [0.4, 0.5) is 0 Å². The number of carboxylic acids is 1. The third-order valence-electron chi connectivity index (χ3n) is 2.07. The highest BCUT2D eigenvalue weighted by Gasteiger charge is 2.21. The van der Waals surface area contributed by atoms with Crippen molar-refractivity contribution in [1.82, 2.24) is 4.98 Å². The maximum Gasteiger partial charge on any atom is 0.318 e. The zero-order valence-electron chi connectivity index (χ0n) is 9.91. The van der Waals surface area contributed by atoms with Crippen molar-refractivity contribution >= 4 is 15.8 Å². The van der Waals surface area contributed by atoms with E-state index >= 15 is 0 Å². The molecule has 0 atom stereocenters. The molecule has 0 amide bonds. The summed E-state index contributed by atoms with van der Waals surface area (Å²) >= 11 is 0. The van der Waals surface area contributed by atoms with Crippen molar-refractivity contribution in [1.29, 1.82) is 0 Å². The first-order valence-electron chi connectivity index (χ1n) is 4.87. The van der Waals surface area contributed by atoms with Crippen LogP contribution in [0.15, 0.2) is 12.3 Å². The number of aliphatic carboxylic acids is 1. The van der Waals surface area contributed by atoms with Gasteiger partial charge < -0.3 is 14.6 Å². The van der Waals surface area contributed by atoms with E-state index in [1.165, 1.54) is 26.5 Å². The minimum Gasteiger partial charge on any atom is -0.493 e. The highest BCUT2D eigenvalue weighted by Crippen LogP contribution is 2.30. The van der Waals surface area contributed by atoms with Crippen molar-refractivity contribution in [3.8, 4) is 11.5 Å². The number of aromatic nitrogens is 1. The maximum absolute atomic E-state index is 11.6. The van der Waals surface area contributed by atoms with Crippen LogP contribution in [-0.4, -0.2) is 44.5 Å². The average molecular weight is 275 g/mol. The Hall–Kier alpha value is -1.83. The highest BCUT2D eigenvalue weighted by atomic mass is 32.2. The molecule has 100 valence electrons. The first-order chi connectivity index (χ1) is 8.39. The summed E-state index contributed by atoms with van der Waals surface area (Å²) in [6.45, 7) is 0. The number of nitrogens with zero attached hydrogens (tertiary/aromatic N) is 1. The molecular formula is C10H13NO6S. The van der Waals surface area contributed by atoms with Crippen LogP contribution >= 0.6 is 0 Å². The van der Waals surface area contributed by atoms with Crippen LogP contribution in [-0.2, 0) is 20.4 Å². The van der Waals surface area contributed by atoms with Gasteiger partial charge >= 0.3 is 5.97 Å². The molecule has 8 heteroatoms. The van der Waals surface area contributed by atoms with Crippen molar-refractivity contribution in [3.05, 3.63) is 18.0 Å². The molecule has 0 saturated heterocycles. The lowest BCUT2D eigenvalue weighted by Crippen LogP contribution is -2.18. The maximum atomic E-state index is 11.6. The third-order valence-corrected chi connectivity index (χ3v) is 3.47. The monoisotopic (exact) mass is 275 g/mol. The summed E-state index contributed by atoms with van der Waals surface area (Å²) < 4.78 is 33.1. The lowest BCUT2D eigenvalue weighted by molar-refractivity contribution is -0.134. The number of carbonyl (C=O) groups is 1. The molecule has 0 saturated carbocycles. The standard InChI is InChI=1S/C10H13NO6S/c1-16-8-3-4-11-7(10(8)17-2)5-18(14,15)6-9(12)13/h3-4H,5-6H2,1-2H3,(H,12,13). The van der Waals surface area contributed by atoms with Gasteiger partial charge in [0.2, 0.25) is 0 Å². The Labute approximate surface area is 104 Å². The molecule has 1 aromatic heterocycles. The minimum absolute atomic E-state index is 0.123. The highest BCUT2D eigenvalue weighted by molar-refractivity contribution is 7.91. The van der Waals surface area contributed by atoms with Crippen molar-refractivity contribution in [2.24, 2.45) is 0 Å². The molecule has 0 bridgehead atoms. The molecule has 0 aliphatic rings. The number of hydrogen-bond donors (Lipinski definition) is 1. The second kappa shape index (κ2) is 5.67. The fraction of sp³-hybridized carbons (Fsp3) is 0.400. The summed E-state index contributed by atoms with van der Waals surface area (Å²) in [5.41, 5.74) is 0.123. The molecule has 0 aromatic carbocycles. The van der Waals surface area contributed by atoms with Crippen molar-refractivity contribution < 1.29 is 27.8 Å². The average Bonchev–Trinajstić information content (AvgIpc) is 2.26. The predicted octanol–water partition coefficient (Wildman–Crippen LogP) is 0.0982. The molecule has 0 spiro atoms. The van der Waals surface area contributed by atoms with Crippen LogP contribution in [0.3, 0.4) is 0 Å². The molecule has 0 unspecified atom stereocenters. The number of ether oxygens (including phenoxy) is 2. The fourth-order valence-electron chi connectivity index (χ4n) is 1.40. The van der Waals surface area contributed by atoms with Gasteiger partial charge in [0.15, 0.2) is 21.3 Å². The quantitative estimate of drug-likeness (QED) is 0.785. The SMILES string of the molecule is COc1ccnc(CS(=O)(=O)CC(=O)O)c1OC. The largest absolute Gasteiger partial charge is 0.493 e. The molecule has 1 N–H and O–H groups in total. The van der Waals surface area contributed by atoms with Crippen LogP contribution in [0.1, 0.15) is 5.69 Å². The number of rotatable bonds is 6. The number of carboxylic acid groups (broad SMARTS) is 1.